The minimum Gasteiger partial charge on any atom is -0.497 e. The lowest BCUT2D eigenvalue weighted by Gasteiger charge is -2.09. The Morgan fingerprint density at radius 3 is 2.46 bits per heavy atom. The number of rotatable bonds is 7. The molecule has 7 heteroatoms. The maximum atomic E-state index is 12.2. The van der Waals surface area contributed by atoms with Gasteiger partial charge in [0.05, 0.1) is 31.9 Å². The number of hydrogen-bond donors (Lipinski definition) is 2. The lowest BCUT2D eigenvalue weighted by molar-refractivity contribution is -0.113. The maximum Gasteiger partial charge on any atom is 0.234 e. The van der Waals surface area contributed by atoms with Crippen LogP contribution in [0.2, 0.25) is 0 Å². The Morgan fingerprint density at radius 2 is 1.81 bits per heavy atom. The van der Waals surface area contributed by atoms with E-state index >= 15 is 0 Å². The van der Waals surface area contributed by atoms with Crippen LogP contribution in [0.1, 0.15) is 0 Å². The number of methoxy groups -OCH3 is 2. The molecule has 0 saturated heterocycles. The Labute approximate surface area is 155 Å². The first-order valence-electron chi connectivity index (χ1n) is 7.94. The number of nitrogens with one attached hydrogen (secondary N) is 2. The number of anilines is 1. The Hall–Kier alpha value is -2.93. The average molecular weight is 369 g/mol. The second kappa shape index (κ2) is 8.44. The van der Waals surface area contributed by atoms with Crippen molar-refractivity contribution in [2.24, 2.45) is 0 Å². The fraction of sp³-hybridized carbons (Fsp3) is 0.158. The molecule has 1 amide bonds. The first-order valence-corrected chi connectivity index (χ1v) is 8.92. The highest BCUT2D eigenvalue weighted by atomic mass is 32.2. The lowest BCUT2D eigenvalue weighted by Crippen LogP contribution is -2.14. The van der Waals surface area contributed by atoms with Gasteiger partial charge < -0.3 is 19.8 Å². The van der Waals surface area contributed by atoms with E-state index in [1.54, 1.807) is 38.6 Å². The summed E-state index contributed by atoms with van der Waals surface area (Å²) in [5, 5.41) is 3.54. The zero-order valence-electron chi connectivity index (χ0n) is 14.5. The molecule has 134 valence electrons. The number of amides is 1. The smallest absolute Gasteiger partial charge is 0.234 e. The summed E-state index contributed by atoms with van der Waals surface area (Å²) in [5.41, 5.74) is 2.60. The van der Waals surface area contributed by atoms with E-state index in [4.69, 9.17) is 9.47 Å². The van der Waals surface area contributed by atoms with Crippen molar-refractivity contribution in [3.63, 3.8) is 0 Å². The molecule has 0 aliphatic carbocycles. The molecule has 6 nitrogen and oxygen atoms in total. The van der Waals surface area contributed by atoms with Gasteiger partial charge in [-0.05, 0) is 5.56 Å². The molecule has 3 aromatic rings. The highest BCUT2D eigenvalue weighted by Crippen LogP contribution is 2.26. The Kier molecular flexibility index (Phi) is 5.80. The van der Waals surface area contributed by atoms with Gasteiger partial charge in [0.2, 0.25) is 5.91 Å². The average Bonchev–Trinajstić information content (AvgIpc) is 3.16. The van der Waals surface area contributed by atoms with E-state index in [1.807, 2.05) is 30.3 Å². The topological polar surface area (TPSA) is 76.2 Å². The zero-order chi connectivity index (χ0) is 18.4. The predicted octanol–water partition coefficient (Wildman–Crippen LogP) is 3.82. The number of carbonyl (C=O) groups is 1. The van der Waals surface area contributed by atoms with Crippen molar-refractivity contribution in [3.05, 3.63) is 54.7 Å². The summed E-state index contributed by atoms with van der Waals surface area (Å²) in [4.78, 5) is 19.7. The van der Waals surface area contributed by atoms with Crippen molar-refractivity contribution in [2.75, 3.05) is 25.3 Å². The number of ether oxygens (including phenoxy) is 2. The Balaban J connectivity index is 1.59. The van der Waals surface area contributed by atoms with E-state index in [2.05, 4.69) is 15.3 Å². The number of nitrogens with zero attached hydrogens (tertiary/aromatic N) is 1. The first-order chi connectivity index (χ1) is 12.7. The van der Waals surface area contributed by atoms with Gasteiger partial charge in [-0.1, -0.05) is 42.1 Å². The van der Waals surface area contributed by atoms with Crippen LogP contribution in [0.15, 0.2) is 59.9 Å². The molecule has 3 rings (SSSR count). The van der Waals surface area contributed by atoms with Crippen molar-refractivity contribution in [1.82, 2.24) is 9.97 Å². The third kappa shape index (κ3) is 4.58. The largest absolute Gasteiger partial charge is 0.497 e. The second-order valence-corrected chi connectivity index (χ2v) is 6.37. The third-order valence-electron chi connectivity index (χ3n) is 3.61. The zero-order valence-corrected chi connectivity index (χ0v) is 15.3. The normalized spacial score (nSPS) is 10.4. The predicted molar refractivity (Wildman–Crippen MR) is 103 cm³/mol. The van der Waals surface area contributed by atoms with Crippen LogP contribution in [-0.2, 0) is 4.79 Å². The van der Waals surface area contributed by atoms with Gasteiger partial charge in [0, 0.05) is 23.9 Å². The number of H-pyrrole nitrogens is 1. The monoisotopic (exact) mass is 369 g/mol. The molecule has 1 aromatic heterocycles. The molecular formula is C19H19N3O3S. The van der Waals surface area contributed by atoms with Gasteiger partial charge in [0.15, 0.2) is 5.16 Å². The molecule has 0 fully saturated rings. The van der Waals surface area contributed by atoms with Gasteiger partial charge >= 0.3 is 0 Å². The number of benzene rings is 2. The first kappa shape index (κ1) is 17.9. The third-order valence-corrected chi connectivity index (χ3v) is 4.50. The molecule has 0 radical (unpaired) electrons. The number of aromatic nitrogens is 2. The van der Waals surface area contributed by atoms with Gasteiger partial charge in [-0.3, -0.25) is 4.79 Å². The summed E-state index contributed by atoms with van der Waals surface area (Å²) in [6, 6.07) is 15.1. The quantitative estimate of drug-likeness (QED) is 0.619. The molecule has 0 aliphatic rings. The van der Waals surface area contributed by atoms with Crippen molar-refractivity contribution in [1.29, 1.82) is 0 Å². The number of hydrogen-bond acceptors (Lipinski definition) is 5. The summed E-state index contributed by atoms with van der Waals surface area (Å²) in [6.45, 7) is 0. The summed E-state index contributed by atoms with van der Waals surface area (Å²) < 4.78 is 10.4. The minimum absolute atomic E-state index is 0.136. The molecule has 2 N–H and O–H groups in total. The Bertz CT molecular complexity index is 858. The highest BCUT2D eigenvalue weighted by molar-refractivity contribution is 7.99. The van der Waals surface area contributed by atoms with Crippen molar-refractivity contribution < 1.29 is 14.3 Å². The summed E-state index contributed by atoms with van der Waals surface area (Å²) in [5.74, 6) is 1.33. The molecule has 26 heavy (non-hydrogen) atoms. The van der Waals surface area contributed by atoms with Crippen LogP contribution in [0.5, 0.6) is 11.5 Å². The fourth-order valence-corrected chi connectivity index (χ4v) is 3.00. The van der Waals surface area contributed by atoms with Crippen molar-refractivity contribution >= 4 is 23.4 Å². The van der Waals surface area contributed by atoms with E-state index in [9.17, 15) is 4.79 Å². The minimum atomic E-state index is -0.136. The van der Waals surface area contributed by atoms with Crippen LogP contribution in [0.3, 0.4) is 0 Å². The molecule has 0 spiro atoms. The van der Waals surface area contributed by atoms with E-state index in [0.29, 0.717) is 22.3 Å². The van der Waals surface area contributed by atoms with E-state index in [1.165, 1.54) is 11.8 Å². The fourth-order valence-electron chi connectivity index (χ4n) is 2.35. The number of carbonyl (C=O) groups excluding carboxylic acids is 1. The van der Waals surface area contributed by atoms with Gasteiger partial charge in [0.1, 0.15) is 11.5 Å². The van der Waals surface area contributed by atoms with E-state index in [-0.39, 0.29) is 11.7 Å². The number of imidazole rings is 1. The van der Waals surface area contributed by atoms with Crippen molar-refractivity contribution in [3.8, 4) is 22.8 Å². The molecule has 0 unspecified atom stereocenters. The standard InChI is InChI=1S/C19H19N3O3S/c1-24-15-8-14(9-16(10-15)25-2)21-18(23)12-26-19-20-11-17(22-19)13-6-4-3-5-7-13/h3-11H,12H2,1-2H3,(H,20,22)(H,21,23). The molecule has 0 saturated carbocycles. The Morgan fingerprint density at radius 1 is 1.12 bits per heavy atom. The van der Waals surface area contributed by atoms with Gasteiger partial charge in [-0.2, -0.15) is 0 Å². The lowest BCUT2D eigenvalue weighted by atomic mass is 10.2. The summed E-state index contributed by atoms with van der Waals surface area (Å²) in [6.07, 6.45) is 1.77. The van der Waals surface area contributed by atoms with Gasteiger partial charge in [-0.15, -0.1) is 0 Å². The molecule has 0 atom stereocenters. The van der Waals surface area contributed by atoms with Crippen LogP contribution in [0, 0.1) is 0 Å². The van der Waals surface area contributed by atoms with E-state index in [0.717, 1.165) is 11.3 Å². The van der Waals surface area contributed by atoms with Crippen LogP contribution >= 0.6 is 11.8 Å². The highest BCUT2D eigenvalue weighted by Gasteiger charge is 2.09. The summed E-state index contributed by atoms with van der Waals surface area (Å²) >= 11 is 1.34. The molecule has 1 heterocycles. The second-order valence-electron chi connectivity index (χ2n) is 5.41. The number of aromatic amines is 1. The van der Waals surface area contributed by atoms with Crippen LogP contribution in [-0.4, -0.2) is 35.8 Å². The van der Waals surface area contributed by atoms with Crippen LogP contribution in [0.4, 0.5) is 5.69 Å². The van der Waals surface area contributed by atoms with Crippen LogP contribution in [0.25, 0.3) is 11.3 Å². The summed E-state index contributed by atoms with van der Waals surface area (Å²) in [7, 11) is 3.13. The molecule has 2 aromatic carbocycles. The maximum absolute atomic E-state index is 12.2. The molecule has 0 aliphatic heterocycles. The molecular weight excluding hydrogens is 350 g/mol. The molecule has 0 bridgehead atoms. The van der Waals surface area contributed by atoms with Gasteiger partial charge in [0.25, 0.3) is 0 Å². The SMILES string of the molecule is COc1cc(NC(=O)CSc2ncc(-c3ccccc3)[nH]2)cc(OC)c1. The van der Waals surface area contributed by atoms with E-state index < -0.39 is 0 Å². The van der Waals surface area contributed by atoms with Crippen molar-refractivity contribution in [2.45, 2.75) is 5.16 Å². The van der Waals surface area contributed by atoms with Gasteiger partial charge in [-0.25, -0.2) is 4.98 Å². The number of thioether (sulfide) groups is 1. The van der Waals surface area contributed by atoms with Crippen LogP contribution < -0.4 is 14.8 Å².